The lowest BCUT2D eigenvalue weighted by molar-refractivity contribution is 0.0287. The molecule has 0 amide bonds. The number of ether oxygens (including phenoxy) is 2. The molecule has 0 saturated heterocycles. The largest absolute Gasteiger partial charge is 0.382 e. The van der Waals surface area contributed by atoms with Crippen LogP contribution in [-0.4, -0.2) is 43.4 Å². The summed E-state index contributed by atoms with van der Waals surface area (Å²) in [5.74, 6) is 0. The molecular formula is C9H17N3O2. The van der Waals surface area contributed by atoms with E-state index in [0.717, 1.165) is 18.8 Å². The number of methoxy groups -OCH3 is 2. The van der Waals surface area contributed by atoms with E-state index in [1.807, 2.05) is 0 Å². The highest BCUT2D eigenvalue weighted by Crippen LogP contribution is 1.92. The molecule has 0 fully saturated rings. The van der Waals surface area contributed by atoms with Crippen LogP contribution >= 0.6 is 0 Å². The monoisotopic (exact) mass is 199 g/mol. The lowest BCUT2D eigenvalue weighted by Crippen LogP contribution is -2.31. The zero-order valence-corrected chi connectivity index (χ0v) is 8.62. The van der Waals surface area contributed by atoms with Gasteiger partial charge in [0.05, 0.1) is 19.0 Å². The highest BCUT2D eigenvalue weighted by atomic mass is 16.5. The fourth-order valence-corrected chi connectivity index (χ4v) is 1.15. The number of hydrogen-bond donors (Lipinski definition) is 2. The molecule has 1 rings (SSSR count). The van der Waals surface area contributed by atoms with Crippen LogP contribution in [0.1, 0.15) is 5.69 Å². The van der Waals surface area contributed by atoms with Gasteiger partial charge in [-0.3, -0.25) is 0 Å². The lowest BCUT2D eigenvalue weighted by atomic mass is 10.3. The van der Waals surface area contributed by atoms with E-state index >= 15 is 0 Å². The number of rotatable bonds is 7. The van der Waals surface area contributed by atoms with Gasteiger partial charge >= 0.3 is 0 Å². The van der Waals surface area contributed by atoms with Crippen molar-refractivity contribution < 1.29 is 9.47 Å². The van der Waals surface area contributed by atoms with Crippen LogP contribution in [0.5, 0.6) is 0 Å². The van der Waals surface area contributed by atoms with Gasteiger partial charge in [-0.2, -0.15) is 0 Å². The maximum atomic E-state index is 5.20. The molecule has 1 aromatic rings. The van der Waals surface area contributed by atoms with Crippen molar-refractivity contribution in [2.45, 2.75) is 12.6 Å². The van der Waals surface area contributed by atoms with Gasteiger partial charge in [0.25, 0.3) is 0 Å². The Labute approximate surface area is 83.8 Å². The normalized spacial score (nSPS) is 13.0. The van der Waals surface area contributed by atoms with E-state index in [2.05, 4.69) is 15.3 Å². The molecule has 0 radical (unpaired) electrons. The summed E-state index contributed by atoms with van der Waals surface area (Å²) < 4.78 is 10.2. The van der Waals surface area contributed by atoms with Gasteiger partial charge < -0.3 is 19.8 Å². The number of imidazole rings is 1. The zero-order valence-electron chi connectivity index (χ0n) is 8.62. The number of hydrogen-bond acceptors (Lipinski definition) is 4. The smallest absolute Gasteiger partial charge is 0.0928 e. The highest BCUT2D eigenvalue weighted by molar-refractivity contribution is 4.93. The maximum Gasteiger partial charge on any atom is 0.0928 e. The number of aromatic nitrogens is 2. The van der Waals surface area contributed by atoms with Crippen LogP contribution < -0.4 is 5.32 Å². The van der Waals surface area contributed by atoms with Gasteiger partial charge in [-0.15, -0.1) is 0 Å². The Hall–Kier alpha value is -0.910. The Morgan fingerprint density at radius 3 is 3.00 bits per heavy atom. The van der Waals surface area contributed by atoms with Crippen molar-refractivity contribution in [1.29, 1.82) is 0 Å². The van der Waals surface area contributed by atoms with E-state index in [9.17, 15) is 0 Å². The van der Waals surface area contributed by atoms with Crippen molar-refractivity contribution in [2.75, 3.05) is 27.4 Å². The molecule has 0 bridgehead atoms. The van der Waals surface area contributed by atoms with Gasteiger partial charge in [-0.25, -0.2) is 4.98 Å². The second-order valence-electron chi connectivity index (χ2n) is 3.02. The van der Waals surface area contributed by atoms with Crippen molar-refractivity contribution in [3.63, 3.8) is 0 Å². The zero-order chi connectivity index (χ0) is 10.2. The molecule has 0 spiro atoms. The first-order chi connectivity index (χ1) is 6.86. The summed E-state index contributed by atoms with van der Waals surface area (Å²) in [5.41, 5.74) is 1.07. The van der Waals surface area contributed by atoms with Crippen molar-refractivity contribution in [3.8, 4) is 0 Å². The van der Waals surface area contributed by atoms with Gasteiger partial charge in [0, 0.05) is 39.2 Å². The molecule has 0 aliphatic carbocycles. The molecule has 1 aromatic heterocycles. The van der Waals surface area contributed by atoms with E-state index in [4.69, 9.17) is 9.47 Å². The Balaban J connectivity index is 2.13. The molecule has 0 saturated carbocycles. The van der Waals surface area contributed by atoms with Crippen LogP contribution in [0.15, 0.2) is 12.5 Å². The molecule has 0 aliphatic heterocycles. The maximum absolute atomic E-state index is 5.20. The molecule has 1 atom stereocenters. The molecule has 1 heterocycles. The predicted octanol–water partition coefficient (Wildman–Crippen LogP) is 0.161. The second kappa shape index (κ2) is 6.53. The van der Waals surface area contributed by atoms with Crippen molar-refractivity contribution >= 4 is 0 Å². The molecule has 1 unspecified atom stereocenters. The first-order valence-electron chi connectivity index (χ1n) is 4.56. The molecule has 5 heteroatoms. The summed E-state index contributed by atoms with van der Waals surface area (Å²) >= 11 is 0. The molecule has 2 N–H and O–H groups in total. The van der Waals surface area contributed by atoms with Crippen LogP contribution in [0, 0.1) is 0 Å². The van der Waals surface area contributed by atoms with Gasteiger partial charge in [-0.05, 0) is 0 Å². The minimum Gasteiger partial charge on any atom is -0.382 e. The quantitative estimate of drug-likeness (QED) is 0.657. The third kappa shape index (κ3) is 3.87. The van der Waals surface area contributed by atoms with Crippen LogP contribution in [-0.2, 0) is 16.0 Å². The van der Waals surface area contributed by atoms with Crippen molar-refractivity contribution in [3.05, 3.63) is 18.2 Å². The molecule has 80 valence electrons. The molecule has 14 heavy (non-hydrogen) atoms. The standard InChI is InChI=1S/C9H17N3O2/c1-13-6-9(14-2)5-10-3-8-4-11-7-12-8/h4,7,9-10H,3,5-6H2,1-2H3,(H,11,12). The molecular weight excluding hydrogens is 182 g/mol. The molecule has 0 aliphatic rings. The average molecular weight is 199 g/mol. The SMILES string of the molecule is COCC(CNCc1cnc[nH]1)OC. The van der Waals surface area contributed by atoms with E-state index in [1.54, 1.807) is 26.7 Å². The molecule has 0 aromatic carbocycles. The lowest BCUT2D eigenvalue weighted by Gasteiger charge is -2.14. The minimum atomic E-state index is 0.0999. The Morgan fingerprint density at radius 1 is 1.57 bits per heavy atom. The van der Waals surface area contributed by atoms with E-state index in [0.29, 0.717) is 6.61 Å². The minimum absolute atomic E-state index is 0.0999. The summed E-state index contributed by atoms with van der Waals surface area (Å²) in [6, 6.07) is 0. The van der Waals surface area contributed by atoms with Gasteiger partial charge in [0.15, 0.2) is 0 Å². The Morgan fingerprint density at radius 2 is 2.43 bits per heavy atom. The fourth-order valence-electron chi connectivity index (χ4n) is 1.15. The number of H-pyrrole nitrogens is 1. The second-order valence-corrected chi connectivity index (χ2v) is 3.02. The summed E-state index contributed by atoms with van der Waals surface area (Å²) in [6.07, 6.45) is 3.56. The fraction of sp³-hybridized carbons (Fsp3) is 0.667. The van der Waals surface area contributed by atoms with Crippen molar-refractivity contribution in [1.82, 2.24) is 15.3 Å². The summed E-state index contributed by atoms with van der Waals surface area (Å²) in [5, 5.41) is 3.25. The summed E-state index contributed by atoms with van der Waals surface area (Å²) in [7, 11) is 3.35. The number of nitrogens with zero attached hydrogens (tertiary/aromatic N) is 1. The summed E-state index contributed by atoms with van der Waals surface area (Å²) in [4.78, 5) is 6.94. The van der Waals surface area contributed by atoms with Crippen LogP contribution in [0.25, 0.3) is 0 Å². The van der Waals surface area contributed by atoms with Crippen LogP contribution in [0.4, 0.5) is 0 Å². The van der Waals surface area contributed by atoms with E-state index in [-0.39, 0.29) is 6.10 Å². The first-order valence-corrected chi connectivity index (χ1v) is 4.56. The highest BCUT2D eigenvalue weighted by Gasteiger charge is 2.05. The average Bonchev–Trinajstić information content (AvgIpc) is 2.69. The third-order valence-electron chi connectivity index (χ3n) is 1.93. The van der Waals surface area contributed by atoms with Crippen molar-refractivity contribution in [2.24, 2.45) is 0 Å². The number of nitrogens with one attached hydrogen (secondary N) is 2. The number of aromatic amines is 1. The van der Waals surface area contributed by atoms with Crippen LogP contribution in [0.2, 0.25) is 0 Å². The van der Waals surface area contributed by atoms with Gasteiger partial charge in [0.1, 0.15) is 0 Å². The van der Waals surface area contributed by atoms with Gasteiger partial charge in [-0.1, -0.05) is 0 Å². The first kappa shape index (κ1) is 11.2. The van der Waals surface area contributed by atoms with E-state index < -0.39 is 0 Å². The molecule has 5 nitrogen and oxygen atoms in total. The third-order valence-corrected chi connectivity index (χ3v) is 1.93. The Bertz CT molecular complexity index is 226. The predicted molar refractivity (Wildman–Crippen MR) is 53.0 cm³/mol. The summed E-state index contributed by atoms with van der Waals surface area (Å²) in [6.45, 7) is 2.14. The van der Waals surface area contributed by atoms with E-state index in [1.165, 1.54) is 0 Å². The topological polar surface area (TPSA) is 59.2 Å². The van der Waals surface area contributed by atoms with Crippen LogP contribution in [0.3, 0.4) is 0 Å². The Kier molecular flexibility index (Phi) is 5.21. The van der Waals surface area contributed by atoms with Gasteiger partial charge in [0.2, 0.25) is 0 Å².